The van der Waals surface area contributed by atoms with E-state index in [1.54, 1.807) is 31.4 Å². The molecule has 8 heteroatoms. The Morgan fingerprint density at radius 1 is 0.968 bits per heavy atom. The van der Waals surface area contributed by atoms with Crippen molar-refractivity contribution < 1.29 is 19.2 Å². The molecule has 0 saturated carbocycles. The number of ether oxygens (including phenoxy) is 1. The topological polar surface area (TPSA) is 93.0 Å². The van der Waals surface area contributed by atoms with Gasteiger partial charge >= 0.3 is 0 Å². The molecule has 8 nitrogen and oxygen atoms in total. The van der Waals surface area contributed by atoms with Gasteiger partial charge in [-0.05, 0) is 60.7 Å². The number of carbonyl (C=O) groups is 2. The summed E-state index contributed by atoms with van der Waals surface area (Å²) in [5, 5.41) is 11.0. The van der Waals surface area contributed by atoms with Gasteiger partial charge < -0.3 is 9.64 Å². The smallest absolute Gasteiger partial charge is 0.282 e. The molecule has 2 aliphatic heterocycles. The van der Waals surface area contributed by atoms with E-state index in [0.717, 1.165) is 12.8 Å². The number of nitro groups is 1. The quantitative estimate of drug-likeness (QED) is 0.416. The van der Waals surface area contributed by atoms with Crippen LogP contribution in [0.1, 0.15) is 25.3 Å². The number of non-ortho nitro benzene ring substituents is 1. The predicted octanol–water partition coefficient (Wildman–Crippen LogP) is 3.62. The van der Waals surface area contributed by atoms with Crippen LogP contribution in [0.3, 0.4) is 0 Å². The van der Waals surface area contributed by atoms with Crippen LogP contribution in [-0.2, 0) is 9.59 Å². The summed E-state index contributed by atoms with van der Waals surface area (Å²) in [4.78, 5) is 40.6. The number of amides is 2. The van der Waals surface area contributed by atoms with Gasteiger partial charge in [0.05, 0.1) is 23.3 Å². The number of piperidine rings is 1. The van der Waals surface area contributed by atoms with Gasteiger partial charge in [-0.3, -0.25) is 19.7 Å². The minimum atomic E-state index is -0.490. The van der Waals surface area contributed by atoms with Crippen LogP contribution in [0.25, 0.3) is 5.57 Å². The summed E-state index contributed by atoms with van der Waals surface area (Å²) in [7, 11) is 1.55. The number of benzene rings is 2. The Morgan fingerprint density at radius 3 is 2.13 bits per heavy atom. The van der Waals surface area contributed by atoms with E-state index in [1.165, 1.54) is 29.2 Å². The molecule has 0 aromatic heterocycles. The van der Waals surface area contributed by atoms with E-state index < -0.39 is 10.8 Å². The van der Waals surface area contributed by atoms with Crippen LogP contribution in [0.2, 0.25) is 0 Å². The molecule has 0 atom stereocenters. The van der Waals surface area contributed by atoms with E-state index in [2.05, 4.69) is 6.92 Å². The zero-order chi connectivity index (χ0) is 22.1. The van der Waals surface area contributed by atoms with Crippen molar-refractivity contribution in [1.29, 1.82) is 0 Å². The highest BCUT2D eigenvalue weighted by atomic mass is 16.6. The second kappa shape index (κ2) is 8.22. The van der Waals surface area contributed by atoms with Crippen LogP contribution in [0.15, 0.2) is 54.2 Å². The second-order valence-electron chi connectivity index (χ2n) is 7.84. The summed E-state index contributed by atoms with van der Waals surface area (Å²) in [6.07, 6.45) is 1.86. The minimum absolute atomic E-state index is 0.0681. The second-order valence-corrected chi connectivity index (χ2v) is 7.84. The lowest BCUT2D eigenvalue weighted by molar-refractivity contribution is -0.384. The number of nitrogens with zero attached hydrogens (tertiary/aromatic N) is 3. The van der Waals surface area contributed by atoms with Crippen molar-refractivity contribution >= 4 is 28.8 Å². The van der Waals surface area contributed by atoms with Gasteiger partial charge in [-0.25, -0.2) is 4.90 Å². The molecular formula is C23H23N3O5. The normalized spacial score (nSPS) is 17.5. The number of nitro benzene ring substituents is 1. The Morgan fingerprint density at radius 2 is 1.58 bits per heavy atom. The zero-order valence-electron chi connectivity index (χ0n) is 17.4. The highest BCUT2D eigenvalue weighted by Gasteiger charge is 2.43. The number of carbonyl (C=O) groups excluding carboxylic acids is 2. The highest BCUT2D eigenvalue weighted by molar-refractivity contribution is 6.45. The molecule has 2 aromatic rings. The molecule has 2 amide bonds. The molecule has 0 spiro atoms. The number of likely N-dealkylation sites (tertiary alicyclic amines) is 1. The van der Waals surface area contributed by atoms with Crippen molar-refractivity contribution in [2.24, 2.45) is 5.92 Å². The van der Waals surface area contributed by atoms with Gasteiger partial charge in [0.1, 0.15) is 11.4 Å². The third-order valence-corrected chi connectivity index (χ3v) is 5.86. The molecule has 0 bridgehead atoms. The molecule has 0 radical (unpaired) electrons. The maximum atomic E-state index is 13.5. The van der Waals surface area contributed by atoms with Crippen molar-refractivity contribution in [2.75, 3.05) is 25.1 Å². The number of methoxy groups -OCH3 is 1. The minimum Gasteiger partial charge on any atom is -0.497 e. The molecule has 160 valence electrons. The van der Waals surface area contributed by atoms with Crippen LogP contribution in [0.5, 0.6) is 5.75 Å². The first-order valence-electron chi connectivity index (χ1n) is 10.2. The van der Waals surface area contributed by atoms with E-state index in [4.69, 9.17) is 4.74 Å². The van der Waals surface area contributed by atoms with Gasteiger partial charge in [0.2, 0.25) is 0 Å². The van der Waals surface area contributed by atoms with Crippen molar-refractivity contribution in [3.8, 4) is 5.75 Å². The van der Waals surface area contributed by atoms with E-state index in [0.29, 0.717) is 41.7 Å². The van der Waals surface area contributed by atoms with Gasteiger partial charge in [0.15, 0.2) is 0 Å². The van der Waals surface area contributed by atoms with Gasteiger partial charge in [-0.1, -0.05) is 6.92 Å². The first kappa shape index (κ1) is 20.6. The third-order valence-electron chi connectivity index (χ3n) is 5.86. The summed E-state index contributed by atoms with van der Waals surface area (Å²) in [5.41, 5.74) is 1.53. The summed E-state index contributed by atoms with van der Waals surface area (Å²) >= 11 is 0. The molecule has 2 aliphatic rings. The molecule has 31 heavy (non-hydrogen) atoms. The number of hydrogen-bond donors (Lipinski definition) is 0. The summed E-state index contributed by atoms with van der Waals surface area (Å²) in [6.45, 7) is 3.54. The molecule has 0 N–H and O–H groups in total. The molecular weight excluding hydrogens is 398 g/mol. The first-order chi connectivity index (χ1) is 14.9. The fourth-order valence-electron chi connectivity index (χ4n) is 4.02. The standard InChI is InChI=1S/C23H23N3O5/c1-15-11-13-24(14-12-15)21-20(16-3-5-18(6-4-16)26(29)30)22(27)25(23(21)28)17-7-9-19(31-2)10-8-17/h3-10,15H,11-14H2,1-2H3. The van der Waals surface area contributed by atoms with Crippen LogP contribution in [-0.4, -0.2) is 41.8 Å². The van der Waals surface area contributed by atoms with Crippen molar-refractivity contribution in [3.63, 3.8) is 0 Å². The van der Waals surface area contributed by atoms with E-state index in [9.17, 15) is 19.7 Å². The number of imide groups is 1. The lowest BCUT2D eigenvalue weighted by Crippen LogP contribution is -2.38. The van der Waals surface area contributed by atoms with Crippen molar-refractivity contribution in [3.05, 3.63) is 69.9 Å². The largest absolute Gasteiger partial charge is 0.497 e. The molecule has 4 rings (SSSR count). The highest BCUT2D eigenvalue weighted by Crippen LogP contribution is 2.37. The van der Waals surface area contributed by atoms with Gasteiger partial charge in [-0.15, -0.1) is 0 Å². The maximum absolute atomic E-state index is 13.5. The lowest BCUT2D eigenvalue weighted by Gasteiger charge is -2.32. The molecule has 1 fully saturated rings. The average Bonchev–Trinajstić information content (AvgIpc) is 3.04. The first-order valence-corrected chi connectivity index (χ1v) is 10.2. The summed E-state index contributed by atoms with van der Waals surface area (Å²) < 4.78 is 5.17. The Kier molecular flexibility index (Phi) is 5.46. The SMILES string of the molecule is COc1ccc(N2C(=O)C(c3ccc([N+](=O)[O-])cc3)=C(N3CCC(C)CC3)C2=O)cc1. The van der Waals surface area contributed by atoms with E-state index >= 15 is 0 Å². The molecule has 0 aliphatic carbocycles. The summed E-state index contributed by atoms with van der Waals surface area (Å²) in [5.74, 6) is 0.372. The van der Waals surface area contributed by atoms with Crippen LogP contribution >= 0.6 is 0 Å². The van der Waals surface area contributed by atoms with Crippen LogP contribution in [0, 0.1) is 16.0 Å². The number of hydrogen-bond acceptors (Lipinski definition) is 6. The lowest BCUT2D eigenvalue weighted by atomic mass is 9.97. The molecule has 0 unspecified atom stereocenters. The number of rotatable bonds is 5. The van der Waals surface area contributed by atoms with Crippen molar-refractivity contribution in [1.82, 2.24) is 4.90 Å². The Hall–Kier alpha value is -3.68. The van der Waals surface area contributed by atoms with Crippen LogP contribution in [0.4, 0.5) is 11.4 Å². The Labute approximate surface area is 179 Å². The van der Waals surface area contributed by atoms with Gasteiger partial charge in [-0.2, -0.15) is 0 Å². The number of anilines is 1. The van der Waals surface area contributed by atoms with Gasteiger partial charge in [0.25, 0.3) is 17.5 Å². The molecule has 1 saturated heterocycles. The average molecular weight is 421 g/mol. The predicted molar refractivity (Wildman–Crippen MR) is 115 cm³/mol. The Balaban J connectivity index is 1.77. The zero-order valence-corrected chi connectivity index (χ0v) is 17.4. The third kappa shape index (κ3) is 3.76. The fraction of sp³-hybridized carbons (Fsp3) is 0.304. The fourth-order valence-corrected chi connectivity index (χ4v) is 4.02. The van der Waals surface area contributed by atoms with Gasteiger partial charge in [0, 0.05) is 25.2 Å². The molecule has 2 heterocycles. The maximum Gasteiger partial charge on any atom is 0.282 e. The monoisotopic (exact) mass is 421 g/mol. The van der Waals surface area contributed by atoms with Crippen LogP contribution < -0.4 is 9.64 Å². The molecule has 2 aromatic carbocycles. The van der Waals surface area contributed by atoms with E-state index in [-0.39, 0.29) is 17.2 Å². The van der Waals surface area contributed by atoms with Crippen molar-refractivity contribution in [2.45, 2.75) is 19.8 Å². The summed E-state index contributed by atoms with van der Waals surface area (Å²) in [6, 6.07) is 12.5. The van der Waals surface area contributed by atoms with E-state index in [1.807, 2.05) is 4.90 Å². The Bertz CT molecular complexity index is 1050.